The van der Waals surface area contributed by atoms with Crippen molar-refractivity contribution in [2.75, 3.05) is 18.0 Å². The summed E-state index contributed by atoms with van der Waals surface area (Å²) >= 11 is 0. The maximum Gasteiger partial charge on any atom is 0.249 e. The first-order valence-electron chi connectivity index (χ1n) is 12.1. The zero-order valence-corrected chi connectivity index (χ0v) is 19.4. The number of fused-ring (bicyclic) bond motifs is 5. The average Bonchev–Trinajstić information content (AvgIpc) is 3.20. The van der Waals surface area contributed by atoms with Crippen molar-refractivity contribution in [2.24, 2.45) is 11.3 Å². The number of rotatable bonds is 3. The van der Waals surface area contributed by atoms with E-state index >= 15 is 0 Å². The Balaban J connectivity index is 1.42. The van der Waals surface area contributed by atoms with Crippen molar-refractivity contribution in [1.82, 2.24) is 15.2 Å². The Morgan fingerprint density at radius 1 is 1.06 bits per heavy atom. The van der Waals surface area contributed by atoms with Crippen molar-refractivity contribution < 1.29 is 8.78 Å². The second kappa shape index (κ2) is 7.45. The van der Waals surface area contributed by atoms with Crippen molar-refractivity contribution in [3.63, 3.8) is 0 Å². The van der Waals surface area contributed by atoms with Crippen LogP contribution in [0.1, 0.15) is 56.7 Å². The Bertz CT molecular complexity index is 1320. The summed E-state index contributed by atoms with van der Waals surface area (Å²) in [7, 11) is 0. The van der Waals surface area contributed by atoms with Gasteiger partial charge in [0.2, 0.25) is 5.56 Å². The number of nitrogens with one attached hydrogen (secondary N) is 1. The van der Waals surface area contributed by atoms with Crippen LogP contribution in [0.4, 0.5) is 14.6 Å². The Labute approximate surface area is 197 Å². The van der Waals surface area contributed by atoms with Gasteiger partial charge >= 0.3 is 0 Å². The molecule has 0 amide bonds. The molecule has 2 bridgehead atoms. The molecule has 1 N–H and O–H groups in total. The van der Waals surface area contributed by atoms with Gasteiger partial charge in [-0.05, 0) is 72.8 Å². The number of hydrogen-bond donors (Lipinski definition) is 1. The first kappa shape index (κ1) is 21.4. The fourth-order valence-corrected chi connectivity index (χ4v) is 7.36. The Hall–Kier alpha value is -3.09. The number of halogens is 2. The summed E-state index contributed by atoms with van der Waals surface area (Å²) in [6, 6.07) is 11.1. The summed E-state index contributed by atoms with van der Waals surface area (Å²) < 4.78 is 29.0. The lowest BCUT2D eigenvalue weighted by Crippen LogP contribution is -2.50. The Morgan fingerprint density at radius 2 is 1.82 bits per heavy atom. The number of anilines is 1. The zero-order valence-electron chi connectivity index (χ0n) is 19.4. The van der Waals surface area contributed by atoms with Crippen LogP contribution in [0.2, 0.25) is 0 Å². The van der Waals surface area contributed by atoms with Gasteiger partial charge in [-0.25, -0.2) is 8.78 Å². The molecule has 3 aliphatic rings. The minimum atomic E-state index is -0.619. The van der Waals surface area contributed by atoms with Crippen LogP contribution >= 0.6 is 0 Å². The van der Waals surface area contributed by atoms with Crippen LogP contribution in [-0.2, 0) is 5.41 Å². The maximum atomic E-state index is 14.5. The van der Waals surface area contributed by atoms with E-state index in [0.717, 1.165) is 55.8 Å². The van der Waals surface area contributed by atoms with Gasteiger partial charge in [-0.2, -0.15) is 10.2 Å². The fourth-order valence-electron chi connectivity index (χ4n) is 7.36. The van der Waals surface area contributed by atoms with Gasteiger partial charge in [0.15, 0.2) is 0 Å². The van der Waals surface area contributed by atoms with E-state index in [1.54, 1.807) is 6.07 Å². The predicted molar refractivity (Wildman–Crippen MR) is 127 cm³/mol. The van der Waals surface area contributed by atoms with Gasteiger partial charge in [-0.3, -0.25) is 4.79 Å². The first-order chi connectivity index (χ1) is 16.3. The van der Waals surface area contributed by atoms with E-state index in [1.165, 1.54) is 24.3 Å². The summed E-state index contributed by atoms with van der Waals surface area (Å²) in [5.41, 5.74) is 1.96. The number of aromatic amines is 1. The van der Waals surface area contributed by atoms with Gasteiger partial charge in [0.25, 0.3) is 0 Å². The molecule has 5 nitrogen and oxygen atoms in total. The monoisotopic (exact) mass is 462 g/mol. The van der Waals surface area contributed by atoms with Crippen LogP contribution in [0.3, 0.4) is 0 Å². The van der Waals surface area contributed by atoms with Crippen molar-refractivity contribution >= 4 is 5.82 Å². The number of hydrogen-bond acceptors (Lipinski definition) is 4. The van der Waals surface area contributed by atoms with Gasteiger partial charge in [-0.1, -0.05) is 26.0 Å². The van der Waals surface area contributed by atoms with Crippen molar-refractivity contribution in [3.05, 3.63) is 75.7 Å². The Kier molecular flexibility index (Phi) is 4.70. The highest BCUT2D eigenvalue weighted by Gasteiger charge is 2.66. The molecule has 3 heterocycles. The summed E-state index contributed by atoms with van der Waals surface area (Å²) in [5, 5.41) is 9.06. The van der Waals surface area contributed by atoms with Crippen LogP contribution in [0.25, 0.3) is 11.3 Å². The predicted octanol–water partition coefficient (Wildman–Crippen LogP) is 5.18. The number of piperidine rings is 1. The van der Waals surface area contributed by atoms with Gasteiger partial charge < -0.3 is 9.88 Å². The number of benzene rings is 1. The zero-order chi connectivity index (χ0) is 23.7. The van der Waals surface area contributed by atoms with Crippen LogP contribution in [0.15, 0.2) is 47.3 Å². The fraction of sp³-hybridized carbons (Fsp3) is 0.444. The third-order valence-electron chi connectivity index (χ3n) is 8.90. The Morgan fingerprint density at radius 3 is 2.59 bits per heavy atom. The van der Waals surface area contributed by atoms with E-state index < -0.39 is 11.6 Å². The molecular weight excluding hydrogens is 434 g/mol. The van der Waals surface area contributed by atoms with E-state index in [-0.39, 0.29) is 33.6 Å². The SMILES string of the molecule is CC1(C)C2CCC1(C1CCCN(c3cccc(=O)[nH]3)C1)c1nnc(-c3c(F)cccc3F)cc12. The quantitative estimate of drug-likeness (QED) is 0.583. The minimum Gasteiger partial charge on any atom is -0.358 e. The molecule has 3 atom stereocenters. The van der Waals surface area contributed by atoms with Crippen LogP contribution < -0.4 is 10.5 Å². The van der Waals surface area contributed by atoms with E-state index in [0.29, 0.717) is 5.92 Å². The van der Waals surface area contributed by atoms with Crippen LogP contribution in [0.5, 0.6) is 0 Å². The molecule has 34 heavy (non-hydrogen) atoms. The lowest BCUT2D eigenvalue weighted by Gasteiger charge is -2.48. The van der Waals surface area contributed by atoms with Crippen molar-refractivity contribution in [1.29, 1.82) is 0 Å². The first-order valence-corrected chi connectivity index (χ1v) is 12.1. The smallest absolute Gasteiger partial charge is 0.249 e. The molecule has 6 rings (SSSR count). The molecule has 3 aromatic rings. The molecule has 176 valence electrons. The highest BCUT2D eigenvalue weighted by atomic mass is 19.1. The van der Waals surface area contributed by atoms with E-state index in [9.17, 15) is 13.6 Å². The number of pyridine rings is 1. The highest BCUT2D eigenvalue weighted by molar-refractivity contribution is 5.63. The van der Waals surface area contributed by atoms with Crippen molar-refractivity contribution in [2.45, 2.75) is 50.9 Å². The molecule has 1 aliphatic heterocycles. The summed E-state index contributed by atoms with van der Waals surface area (Å²) in [5.74, 6) is 0.239. The van der Waals surface area contributed by atoms with Gasteiger partial charge in [-0.15, -0.1) is 0 Å². The van der Waals surface area contributed by atoms with Gasteiger partial charge in [0.1, 0.15) is 17.5 Å². The van der Waals surface area contributed by atoms with Crippen LogP contribution in [-0.4, -0.2) is 28.3 Å². The average molecular weight is 463 g/mol. The lowest BCUT2D eigenvalue weighted by molar-refractivity contribution is 0.112. The summed E-state index contributed by atoms with van der Waals surface area (Å²) in [4.78, 5) is 17.2. The van der Waals surface area contributed by atoms with Crippen molar-refractivity contribution in [3.8, 4) is 11.3 Å². The second-order valence-electron chi connectivity index (χ2n) is 10.6. The molecule has 3 unspecified atom stereocenters. The highest BCUT2D eigenvalue weighted by Crippen LogP contribution is 2.70. The third-order valence-corrected chi connectivity index (χ3v) is 8.90. The normalized spacial score (nSPS) is 27.1. The molecule has 2 fully saturated rings. The summed E-state index contributed by atoms with van der Waals surface area (Å²) in [6.45, 7) is 6.37. The van der Waals surface area contributed by atoms with Crippen LogP contribution in [0, 0.1) is 23.0 Å². The number of H-pyrrole nitrogens is 1. The largest absolute Gasteiger partial charge is 0.358 e. The lowest BCUT2D eigenvalue weighted by atomic mass is 9.59. The molecule has 2 aliphatic carbocycles. The topological polar surface area (TPSA) is 61.9 Å². The molecule has 1 aromatic carbocycles. The number of aromatic nitrogens is 3. The van der Waals surface area contributed by atoms with Gasteiger partial charge in [0, 0.05) is 24.6 Å². The minimum absolute atomic E-state index is 0.0474. The third kappa shape index (κ3) is 2.85. The summed E-state index contributed by atoms with van der Waals surface area (Å²) in [6.07, 6.45) is 4.17. The molecule has 1 saturated carbocycles. The second-order valence-corrected chi connectivity index (χ2v) is 10.6. The standard InChI is InChI=1S/C27H28F2N4O/c1-26(2)18-11-12-27(26,16-6-5-13-33(15-16)22-9-4-10-23(34)30-22)25-17(18)14-21(31-32-25)24-19(28)7-3-8-20(24)29/h3-4,7-10,14,16,18H,5-6,11-13,15H2,1-2H3,(H,30,34). The molecule has 7 heteroatoms. The van der Waals surface area contributed by atoms with Gasteiger partial charge in [0.05, 0.1) is 17.0 Å². The van der Waals surface area contributed by atoms with E-state index in [2.05, 4.69) is 28.8 Å². The molecule has 1 saturated heterocycles. The van der Waals surface area contributed by atoms with E-state index in [1.807, 2.05) is 12.1 Å². The maximum absolute atomic E-state index is 14.5. The molecule has 2 aromatic heterocycles. The molecule has 0 radical (unpaired) electrons. The molecular formula is C27H28F2N4O. The number of nitrogens with zero attached hydrogens (tertiary/aromatic N) is 3. The molecule has 0 spiro atoms. The van der Waals surface area contributed by atoms with E-state index in [4.69, 9.17) is 5.10 Å².